The van der Waals surface area contributed by atoms with Crippen LogP contribution in [-0.2, 0) is 19.9 Å². The number of hydrogen-bond donors (Lipinski definition) is 1. The highest BCUT2D eigenvalue weighted by Crippen LogP contribution is 2.24. The lowest BCUT2D eigenvalue weighted by atomic mass is 10.0. The van der Waals surface area contributed by atoms with Crippen LogP contribution in [0.4, 0.5) is 0 Å². The Morgan fingerprint density at radius 2 is 1.27 bits per heavy atom. The van der Waals surface area contributed by atoms with Crippen molar-refractivity contribution in [2.75, 3.05) is 14.2 Å². The fourth-order valence-corrected chi connectivity index (χ4v) is 5.35. The summed E-state index contributed by atoms with van der Waals surface area (Å²) in [7, 11) is -2.16. The van der Waals surface area contributed by atoms with Crippen LogP contribution in [0.15, 0.2) is 36.4 Å². The molecule has 26 heavy (non-hydrogen) atoms. The molecule has 0 saturated carbocycles. The monoisotopic (exact) mass is 492 g/mol. The first kappa shape index (κ1) is 20.3. The zero-order valence-electron chi connectivity index (χ0n) is 13.6. The lowest BCUT2D eigenvalue weighted by Gasteiger charge is -2.00. The van der Waals surface area contributed by atoms with Crippen LogP contribution >= 0.6 is 0 Å². The summed E-state index contributed by atoms with van der Waals surface area (Å²) in [5, 5.41) is 0. The molecule has 1 aliphatic heterocycles. The van der Waals surface area contributed by atoms with E-state index in [2.05, 4.69) is 0 Å². The number of hydrogen-bond acceptors (Lipinski definition) is 7. The van der Waals surface area contributed by atoms with Crippen molar-refractivity contribution in [2.24, 2.45) is 0 Å². The Hall–Kier alpha value is -2.02. The number of esters is 2. The van der Waals surface area contributed by atoms with Gasteiger partial charge < -0.3 is 14.0 Å². The normalized spacial score (nSPS) is 11.5. The van der Waals surface area contributed by atoms with Gasteiger partial charge in [0.05, 0.1) is 25.3 Å². The van der Waals surface area contributed by atoms with Crippen LogP contribution in [0.5, 0.6) is 0 Å². The molecule has 0 spiro atoms. The first-order valence-electron chi connectivity index (χ1n) is 6.92. The Morgan fingerprint density at radius 1 is 0.923 bits per heavy atom. The molecule has 0 bridgehead atoms. The standard InChI is InChI=1S/C16H12IO4.H2O4S/c1-20-15(18)9-3-5-11-12-6-4-10(16(19)21-2)8-14(12)17-13(11)7-9;1-5(2,3)4/h3-8H,1-2H3;(H2,1,2,3,4)/q+1;/p-1. The molecule has 0 aromatic heterocycles. The summed E-state index contributed by atoms with van der Waals surface area (Å²) < 4.78 is 44.7. The van der Waals surface area contributed by atoms with E-state index < -0.39 is 31.6 Å². The highest BCUT2D eigenvalue weighted by molar-refractivity contribution is 7.79. The SMILES string of the molecule is COC(=O)c1ccc2c(c1)[I+]c1cc(C(=O)OC)ccc1-2.O=S(=O)([O-])O. The Labute approximate surface area is 160 Å². The molecule has 0 atom stereocenters. The molecule has 0 amide bonds. The van der Waals surface area contributed by atoms with E-state index in [1.807, 2.05) is 24.3 Å². The highest BCUT2D eigenvalue weighted by Gasteiger charge is 2.35. The molecule has 0 unspecified atom stereocenters. The molecule has 0 aliphatic carbocycles. The Bertz CT molecular complexity index is 897. The van der Waals surface area contributed by atoms with Gasteiger partial charge in [-0.25, -0.2) is 18.0 Å². The van der Waals surface area contributed by atoms with Crippen molar-refractivity contribution in [3.05, 3.63) is 54.7 Å². The third-order valence-corrected chi connectivity index (χ3v) is 6.22. The van der Waals surface area contributed by atoms with Gasteiger partial charge in [0, 0.05) is 23.3 Å². The third kappa shape index (κ3) is 5.00. The smallest absolute Gasteiger partial charge is 0.359 e. The van der Waals surface area contributed by atoms with Crippen LogP contribution in [0.3, 0.4) is 0 Å². The van der Waals surface area contributed by atoms with E-state index in [1.165, 1.54) is 21.4 Å². The molecule has 0 radical (unpaired) electrons. The summed E-state index contributed by atoms with van der Waals surface area (Å²) in [4.78, 5) is 23.2. The van der Waals surface area contributed by atoms with Gasteiger partial charge >= 0.3 is 33.1 Å². The van der Waals surface area contributed by atoms with E-state index in [-0.39, 0.29) is 11.9 Å². The number of fused-ring (bicyclic) bond motifs is 3. The van der Waals surface area contributed by atoms with Crippen molar-refractivity contribution in [3.8, 4) is 11.1 Å². The summed E-state index contributed by atoms with van der Waals surface area (Å²) in [5.41, 5.74) is 3.41. The Morgan fingerprint density at radius 3 is 1.58 bits per heavy atom. The molecule has 0 fully saturated rings. The van der Waals surface area contributed by atoms with Gasteiger partial charge in [0.1, 0.15) is 0 Å². The quantitative estimate of drug-likeness (QED) is 0.196. The molecule has 0 saturated heterocycles. The summed E-state index contributed by atoms with van der Waals surface area (Å²) in [6.45, 7) is 0. The number of benzene rings is 2. The second kappa shape index (κ2) is 8.12. The minimum Gasteiger partial charge on any atom is -0.726 e. The maximum Gasteiger partial charge on any atom is 0.359 e. The zero-order chi connectivity index (χ0) is 19.5. The molecule has 8 nitrogen and oxygen atoms in total. The number of carbonyl (C=O) groups excluding carboxylic acids is 2. The van der Waals surface area contributed by atoms with E-state index in [4.69, 9.17) is 27.0 Å². The fourth-order valence-electron chi connectivity index (χ4n) is 2.22. The molecule has 1 heterocycles. The van der Waals surface area contributed by atoms with E-state index in [1.54, 1.807) is 12.1 Å². The van der Waals surface area contributed by atoms with Gasteiger partial charge in [-0.3, -0.25) is 4.55 Å². The van der Waals surface area contributed by atoms with Crippen LogP contribution in [-0.4, -0.2) is 43.7 Å². The van der Waals surface area contributed by atoms with Crippen LogP contribution in [0.1, 0.15) is 20.7 Å². The summed E-state index contributed by atoms with van der Waals surface area (Å²) in [6, 6.07) is 11.2. The zero-order valence-corrected chi connectivity index (χ0v) is 16.5. The molecule has 1 aliphatic rings. The van der Waals surface area contributed by atoms with Crippen LogP contribution in [0, 0.1) is 7.14 Å². The van der Waals surface area contributed by atoms with Crippen molar-refractivity contribution in [3.63, 3.8) is 0 Å². The molecule has 138 valence electrons. The minimum absolute atomic E-state index is 0.326. The van der Waals surface area contributed by atoms with Crippen LogP contribution < -0.4 is 21.2 Å². The summed E-state index contributed by atoms with van der Waals surface area (Å²) in [6.07, 6.45) is 0. The number of ether oxygens (including phenoxy) is 2. The van der Waals surface area contributed by atoms with Crippen molar-refractivity contribution < 1.29 is 57.8 Å². The molecule has 1 N–H and O–H groups in total. The molecule has 3 rings (SSSR count). The van der Waals surface area contributed by atoms with Crippen LogP contribution in [0.2, 0.25) is 0 Å². The maximum atomic E-state index is 11.6. The van der Waals surface area contributed by atoms with Gasteiger partial charge in [0.25, 0.3) is 0 Å². The molecular weight excluding hydrogens is 479 g/mol. The van der Waals surface area contributed by atoms with Gasteiger partial charge in [0.15, 0.2) is 0 Å². The van der Waals surface area contributed by atoms with Gasteiger partial charge in [-0.1, -0.05) is 0 Å². The number of methoxy groups -OCH3 is 2. The van der Waals surface area contributed by atoms with E-state index >= 15 is 0 Å². The fraction of sp³-hybridized carbons (Fsp3) is 0.125. The largest absolute Gasteiger partial charge is 0.726 e. The molecule has 2 aromatic rings. The van der Waals surface area contributed by atoms with Gasteiger partial charge in [-0.15, -0.1) is 0 Å². The number of halogens is 1. The minimum atomic E-state index is -4.92. The van der Waals surface area contributed by atoms with Crippen molar-refractivity contribution in [1.29, 1.82) is 0 Å². The Kier molecular flexibility index (Phi) is 6.34. The third-order valence-electron chi connectivity index (χ3n) is 3.27. The van der Waals surface area contributed by atoms with Crippen molar-refractivity contribution in [1.82, 2.24) is 0 Å². The number of rotatable bonds is 2. The predicted molar refractivity (Wildman–Crippen MR) is 84.3 cm³/mol. The Balaban J connectivity index is 0.000000431. The van der Waals surface area contributed by atoms with Crippen molar-refractivity contribution >= 4 is 22.3 Å². The van der Waals surface area contributed by atoms with Crippen LogP contribution in [0.25, 0.3) is 11.1 Å². The van der Waals surface area contributed by atoms with Crippen molar-refractivity contribution in [2.45, 2.75) is 0 Å². The summed E-state index contributed by atoms with van der Waals surface area (Å²) in [5.74, 6) is -0.652. The van der Waals surface area contributed by atoms with Gasteiger partial charge in [-0.05, 0) is 24.3 Å². The molecule has 10 heteroatoms. The second-order valence-corrected chi connectivity index (χ2v) is 8.61. The number of carbonyl (C=O) groups is 2. The van der Waals surface area contributed by atoms with Gasteiger partial charge in [0.2, 0.25) is 17.5 Å². The lowest BCUT2D eigenvalue weighted by molar-refractivity contribution is -0.589. The first-order chi connectivity index (χ1) is 12.1. The maximum absolute atomic E-state index is 11.6. The van der Waals surface area contributed by atoms with E-state index in [0.717, 1.165) is 11.1 Å². The molecular formula is C16H13IO8S. The lowest BCUT2D eigenvalue weighted by Crippen LogP contribution is -3.61. The van der Waals surface area contributed by atoms with Gasteiger partial charge in [-0.2, -0.15) is 0 Å². The molecule has 2 aromatic carbocycles. The topological polar surface area (TPSA) is 130 Å². The average molecular weight is 492 g/mol. The average Bonchev–Trinajstić information content (AvgIpc) is 2.95. The second-order valence-electron chi connectivity index (χ2n) is 4.89. The highest BCUT2D eigenvalue weighted by atomic mass is 127. The predicted octanol–water partition coefficient (Wildman–Crippen LogP) is -1.63. The first-order valence-corrected chi connectivity index (χ1v) is 10.4. The van der Waals surface area contributed by atoms with E-state index in [9.17, 15) is 9.59 Å². The van der Waals surface area contributed by atoms with E-state index in [0.29, 0.717) is 11.1 Å². The summed E-state index contributed by atoms with van der Waals surface area (Å²) >= 11 is -0.408.